The van der Waals surface area contributed by atoms with Crippen LogP contribution in [0.4, 0.5) is 0 Å². The molecule has 5 heteroatoms. The fourth-order valence-electron chi connectivity index (χ4n) is 3.66. The van der Waals surface area contributed by atoms with E-state index in [1.54, 1.807) is 0 Å². The lowest BCUT2D eigenvalue weighted by atomic mass is 10.0. The number of hydrogen-bond donors (Lipinski definition) is 1. The van der Waals surface area contributed by atoms with Crippen LogP contribution in [0.5, 0.6) is 0 Å². The van der Waals surface area contributed by atoms with Crippen molar-refractivity contribution in [1.29, 1.82) is 0 Å². The van der Waals surface area contributed by atoms with E-state index in [0.717, 1.165) is 52.2 Å². The summed E-state index contributed by atoms with van der Waals surface area (Å²) in [5.41, 5.74) is 2.77. The molecule has 5 nitrogen and oxygen atoms in total. The van der Waals surface area contributed by atoms with E-state index in [1.165, 1.54) is 11.1 Å². The first-order chi connectivity index (χ1) is 12.6. The Balaban J connectivity index is 1.35. The third-order valence-corrected chi connectivity index (χ3v) is 5.44. The van der Waals surface area contributed by atoms with Gasteiger partial charge in [0.2, 0.25) is 5.91 Å². The smallest absolute Gasteiger partial charge is 0.234 e. The molecule has 1 aromatic rings. The summed E-state index contributed by atoms with van der Waals surface area (Å²) in [5, 5.41) is 3.02. The molecule has 1 N–H and O–H groups in total. The third kappa shape index (κ3) is 5.79. The number of ether oxygens (including phenoxy) is 1. The van der Waals surface area contributed by atoms with Gasteiger partial charge in [-0.25, -0.2) is 0 Å². The molecule has 1 aromatic carbocycles. The highest BCUT2D eigenvalue weighted by molar-refractivity contribution is 5.78. The summed E-state index contributed by atoms with van der Waals surface area (Å²) in [5.74, 6) is 0.706. The van der Waals surface area contributed by atoms with Crippen LogP contribution in [0.2, 0.25) is 0 Å². The quantitative estimate of drug-likeness (QED) is 0.811. The van der Waals surface area contributed by atoms with Crippen LogP contribution in [0.1, 0.15) is 43.7 Å². The topological polar surface area (TPSA) is 44.8 Å². The molecule has 144 valence electrons. The fraction of sp³-hybridized carbons (Fsp3) is 0.667. The van der Waals surface area contributed by atoms with Crippen LogP contribution in [0.25, 0.3) is 0 Å². The van der Waals surface area contributed by atoms with Crippen LogP contribution >= 0.6 is 0 Å². The predicted octanol–water partition coefficient (Wildman–Crippen LogP) is 2.22. The van der Waals surface area contributed by atoms with Crippen molar-refractivity contribution in [1.82, 2.24) is 15.1 Å². The second kappa shape index (κ2) is 9.49. The Bertz CT molecular complexity index is 559. The highest BCUT2D eigenvalue weighted by Gasteiger charge is 2.20. The highest BCUT2D eigenvalue weighted by Crippen LogP contribution is 2.16. The van der Waals surface area contributed by atoms with Crippen LogP contribution in [0, 0.1) is 0 Å². The van der Waals surface area contributed by atoms with Crippen LogP contribution in [0.15, 0.2) is 24.3 Å². The molecule has 2 heterocycles. The van der Waals surface area contributed by atoms with E-state index in [9.17, 15) is 4.79 Å². The number of benzene rings is 1. The number of nitrogens with zero attached hydrogens (tertiary/aromatic N) is 2. The average Bonchev–Trinajstić information content (AvgIpc) is 3.16. The minimum atomic E-state index is 0.123. The molecule has 0 spiro atoms. The minimum Gasteiger partial charge on any atom is -0.376 e. The number of nitrogens with one attached hydrogen (secondary N) is 1. The molecule has 26 heavy (non-hydrogen) atoms. The Morgan fingerprint density at radius 2 is 1.85 bits per heavy atom. The van der Waals surface area contributed by atoms with E-state index in [4.69, 9.17) is 4.74 Å². The van der Waals surface area contributed by atoms with Crippen molar-refractivity contribution in [3.05, 3.63) is 35.4 Å². The maximum absolute atomic E-state index is 12.1. The van der Waals surface area contributed by atoms with Gasteiger partial charge in [0.25, 0.3) is 0 Å². The van der Waals surface area contributed by atoms with E-state index in [2.05, 4.69) is 53.2 Å². The molecule has 2 aliphatic heterocycles. The summed E-state index contributed by atoms with van der Waals surface area (Å²) in [4.78, 5) is 16.8. The minimum absolute atomic E-state index is 0.123. The first kappa shape index (κ1) is 19.3. The van der Waals surface area contributed by atoms with E-state index in [1.807, 2.05) is 0 Å². The van der Waals surface area contributed by atoms with Gasteiger partial charge in [0.05, 0.1) is 12.6 Å². The summed E-state index contributed by atoms with van der Waals surface area (Å²) < 4.78 is 5.55. The van der Waals surface area contributed by atoms with Gasteiger partial charge in [0.1, 0.15) is 0 Å². The van der Waals surface area contributed by atoms with E-state index >= 15 is 0 Å². The normalized spacial score (nSPS) is 22.0. The zero-order chi connectivity index (χ0) is 18.4. The lowest BCUT2D eigenvalue weighted by molar-refractivity contribution is -0.123. The largest absolute Gasteiger partial charge is 0.376 e. The van der Waals surface area contributed by atoms with Gasteiger partial charge in [-0.2, -0.15) is 0 Å². The number of hydrogen-bond acceptors (Lipinski definition) is 4. The molecular weight excluding hydrogens is 326 g/mol. The molecule has 0 aromatic heterocycles. The molecule has 1 amide bonds. The standard InChI is InChI=1S/C21H33N3O2/c1-17(2)19-7-5-18(6-8-19)15-23-9-11-24(12-10-23)16-21(25)22-14-20-4-3-13-26-20/h5-8,17,20H,3-4,9-16H2,1-2H3,(H,22,25). The van der Waals surface area contributed by atoms with Gasteiger partial charge in [-0.1, -0.05) is 38.1 Å². The van der Waals surface area contributed by atoms with Gasteiger partial charge in [0.15, 0.2) is 0 Å². The Kier molecular flexibility index (Phi) is 7.06. The number of piperazine rings is 1. The van der Waals surface area contributed by atoms with Gasteiger partial charge in [-0.3, -0.25) is 14.6 Å². The molecular formula is C21H33N3O2. The van der Waals surface area contributed by atoms with Crippen molar-refractivity contribution in [2.75, 3.05) is 45.9 Å². The Hall–Kier alpha value is -1.43. The molecule has 0 aliphatic carbocycles. The molecule has 1 unspecified atom stereocenters. The molecule has 1 atom stereocenters. The van der Waals surface area contributed by atoms with E-state index < -0.39 is 0 Å². The summed E-state index contributed by atoms with van der Waals surface area (Å²) in [7, 11) is 0. The maximum atomic E-state index is 12.1. The van der Waals surface area contributed by atoms with Crippen molar-refractivity contribution in [3.8, 4) is 0 Å². The van der Waals surface area contributed by atoms with Crippen LogP contribution in [-0.2, 0) is 16.1 Å². The first-order valence-corrected chi connectivity index (χ1v) is 10.0. The van der Waals surface area contributed by atoms with Gasteiger partial charge < -0.3 is 10.1 Å². The van der Waals surface area contributed by atoms with Crippen molar-refractivity contribution in [3.63, 3.8) is 0 Å². The van der Waals surface area contributed by atoms with Gasteiger partial charge in [-0.15, -0.1) is 0 Å². The average molecular weight is 360 g/mol. The second-order valence-corrected chi connectivity index (χ2v) is 7.89. The molecule has 2 saturated heterocycles. The zero-order valence-corrected chi connectivity index (χ0v) is 16.2. The van der Waals surface area contributed by atoms with Crippen molar-refractivity contribution >= 4 is 5.91 Å². The summed E-state index contributed by atoms with van der Waals surface area (Å²) >= 11 is 0. The zero-order valence-electron chi connectivity index (χ0n) is 16.2. The molecule has 2 aliphatic rings. The van der Waals surface area contributed by atoms with Crippen LogP contribution < -0.4 is 5.32 Å². The molecule has 0 bridgehead atoms. The Morgan fingerprint density at radius 1 is 1.15 bits per heavy atom. The second-order valence-electron chi connectivity index (χ2n) is 7.89. The summed E-state index contributed by atoms with van der Waals surface area (Å²) in [6, 6.07) is 8.99. The van der Waals surface area contributed by atoms with Crippen LogP contribution in [0.3, 0.4) is 0 Å². The fourth-order valence-corrected chi connectivity index (χ4v) is 3.66. The van der Waals surface area contributed by atoms with E-state index in [-0.39, 0.29) is 12.0 Å². The number of carbonyl (C=O) groups excluding carboxylic acids is 1. The molecule has 0 saturated carbocycles. The number of carbonyl (C=O) groups is 1. The SMILES string of the molecule is CC(C)c1ccc(CN2CCN(CC(=O)NCC3CCCO3)CC2)cc1. The Morgan fingerprint density at radius 3 is 2.46 bits per heavy atom. The predicted molar refractivity (Wildman–Crippen MR) is 104 cm³/mol. The molecule has 3 rings (SSSR count). The van der Waals surface area contributed by atoms with Crippen molar-refractivity contribution < 1.29 is 9.53 Å². The van der Waals surface area contributed by atoms with Crippen molar-refractivity contribution in [2.45, 2.75) is 45.3 Å². The summed E-state index contributed by atoms with van der Waals surface area (Å²) in [6.45, 7) is 11.4. The third-order valence-electron chi connectivity index (χ3n) is 5.44. The number of amides is 1. The van der Waals surface area contributed by atoms with Crippen LogP contribution in [-0.4, -0.2) is 67.7 Å². The van der Waals surface area contributed by atoms with Gasteiger partial charge in [0, 0.05) is 45.9 Å². The Labute approximate surface area is 157 Å². The first-order valence-electron chi connectivity index (χ1n) is 10.0. The van der Waals surface area contributed by atoms with Crippen molar-refractivity contribution in [2.24, 2.45) is 0 Å². The lowest BCUT2D eigenvalue weighted by Gasteiger charge is -2.34. The monoisotopic (exact) mass is 359 g/mol. The van der Waals surface area contributed by atoms with E-state index in [0.29, 0.717) is 19.0 Å². The summed E-state index contributed by atoms with van der Waals surface area (Å²) in [6.07, 6.45) is 2.40. The maximum Gasteiger partial charge on any atom is 0.234 e. The molecule has 2 fully saturated rings. The highest BCUT2D eigenvalue weighted by atomic mass is 16.5. The van der Waals surface area contributed by atoms with Gasteiger partial charge in [-0.05, 0) is 29.9 Å². The number of rotatable bonds is 7. The lowest BCUT2D eigenvalue weighted by Crippen LogP contribution is -2.49. The molecule has 0 radical (unpaired) electrons. The van der Waals surface area contributed by atoms with Gasteiger partial charge >= 0.3 is 0 Å².